The molecule has 0 N–H and O–H groups in total. The lowest BCUT2D eigenvalue weighted by molar-refractivity contribution is -0.119. The van der Waals surface area contributed by atoms with Crippen molar-refractivity contribution in [3.05, 3.63) is 41.8 Å². The van der Waals surface area contributed by atoms with Gasteiger partial charge < -0.3 is 9.42 Å². The standard InChI is InChI=1S/C16H18FN3O2S/c1-2-14-18-15(22-19-14)10-23-13-8-5-9-20(16(13)21)12-7-4-3-6-11(12)17/h3-4,6-7,13H,2,5,8-10H2,1H3/t13-/m1/s1. The van der Waals surface area contributed by atoms with Gasteiger partial charge in [-0.3, -0.25) is 4.79 Å². The quantitative estimate of drug-likeness (QED) is 0.840. The van der Waals surface area contributed by atoms with E-state index in [0.717, 1.165) is 19.3 Å². The van der Waals surface area contributed by atoms with Gasteiger partial charge in [0, 0.05) is 13.0 Å². The maximum absolute atomic E-state index is 13.9. The fourth-order valence-electron chi connectivity index (χ4n) is 2.57. The van der Waals surface area contributed by atoms with Gasteiger partial charge in [0.05, 0.1) is 16.7 Å². The van der Waals surface area contributed by atoms with Crippen molar-refractivity contribution in [2.24, 2.45) is 0 Å². The van der Waals surface area contributed by atoms with E-state index < -0.39 is 0 Å². The van der Waals surface area contributed by atoms with Gasteiger partial charge in [0.1, 0.15) is 5.82 Å². The van der Waals surface area contributed by atoms with Gasteiger partial charge in [-0.1, -0.05) is 24.2 Å². The summed E-state index contributed by atoms with van der Waals surface area (Å²) < 4.78 is 19.1. The topological polar surface area (TPSA) is 59.2 Å². The molecule has 0 bridgehead atoms. The first kappa shape index (κ1) is 16.0. The van der Waals surface area contributed by atoms with E-state index >= 15 is 0 Å². The third kappa shape index (κ3) is 3.55. The number of piperidine rings is 1. The van der Waals surface area contributed by atoms with Crippen molar-refractivity contribution in [2.45, 2.75) is 37.2 Å². The minimum Gasteiger partial charge on any atom is -0.338 e. The third-order valence-electron chi connectivity index (χ3n) is 3.77. The summed E-state index contributed by atoms with van der Waals surface area (Å²) in [4.78, 5) is 18.4. The monoisotopic (exact) mass is 335 g/mol. The highest BCUT2D eigenvalue weighted by molar-refractivity contribution is 7.99. The Hall–Kier alpha value is -1.89. The highest BCUT2D eigenvalue weighted by Crippen LogP contribution is 2.30. The molecule has 0 radical (unpaired) electrons. The number of aryl methyl sites for hydroxylation is 1. The number of para-hydroxylation sites is 1. The zero-order chi connectivity index (χ0) is 16.2. The first-order valence-corrected chi connectivity index (χ1v) is 8.73. The normalized spacial score (nSPS) is 18.4. The summed E-state index contributed by atoms with van der Waals surface area (Å²) >= 11 is 1.48. The fraction of sp³-hybridized carbons (Fsp3) is 0.438. The van der Waals surface area contributed by atoms with Crippen LogP contribution in [0.2, 0.25) is 0 Å². The molecule has 0 aliphatic carbocycles. The van der Waals surface area contributed by atoms with E-state index in [-0.39, 0.29) is 17.0 Å². The van der Waals surface area contributed by atoms with Crippen LogP contribution in [-0.2, 0) is 17.0 Å². The van der Waals surface area contributed by atoms with Crippen LogP contribution in [0.3, 0.4) is 0 Å². The number of hydrogen-bond donors (Lipinski definition) is 0. The van der Waals surface area contributed by atoms with Crippen molar-refractivity contribution in [3.63, 3.8) is 0 Å². The van der Waals surface area contributed by atoms with Crippen LogP contribution in [0.1, 0.15) is 31.5 Å². The van der Waals surface area contributed by atoms with Gasteiger partial charge in [0.25, 0.3) is 0 Å². The van der Waals surface area contributed by atoms with Crippen LogP contribution in [0.4, 0.5) is 10.1 Å². The number of carbonyl (C=O) groups is 1. The number of nitrogens with zero attached hydrogens (tertiary/aromatic N) is 3. The zero-order valence-corrected chi connectivity index (χ0v) is 13.7. The fourth-order valence-corrected chi connectivity index (χ4v) is 3.64. The largest absolute Gasteiger partial charge is 0.338 e. The van der Waals surface area contributed by atoms with Crippen LogP contribution in [-0.4, -0.2) is 27.8 Å². The molecule has 1 fully saturated rings. The van der Waals surface area contributed by atoms with Crippen molar-refractivity contribution < 1.29 is 13.7 Å². The summed E-state index contributed by atoms with van der Waals surface area (Å²) in [5.41, 5.74) is 0.355. The first-order valence-electron chi connectivity index (χ1n) is 7.68. The van der Waals surface area contributed by atoms with E-state index in [1.54, 1.807) is 23.1 Å². The molecule has 1 atom stereocenters. The average molecular weight is 335 g/mol. The number of anilines is 1. The number of carbonyl (C=O) groups excluding carboxylic acids is 1. The van der Waals surface area contributed by atoms with Gasteiger partial charge >= 0.3 is 0 Å². The molecule has 23 heavy (non-hydrogen) atoms. The Kier molecular flexibility index (Phi) is 4.95. The van der Waals surface area contributed by atoms with Crippen LogP contribution in [0.25, 0.3) is 0 Å². The molecule has 1 aromatic carbocycles. The van der Waals surface area contributed by atoms with Gasteiger partial charge in [0.15, 0.2) is 5.82 Å². The second kappa shape index (κ2) is 7.12. The van der Waals surface area contributed by atoms with Crippen molar-refractivity contribution in [3.8, 4) is 0 Å². The molecular formula is C16H18FN3O2S. The average Bonchev–Trinajstić information content (AvgIpc) is 3.03. The van der Waals surface area contributed by atoms with E-state index in [9.17, 15) is 9.18 Å². The number of benzene rings is 1. The molecule has 0 saturated carbocycles. The highest BCUT2D eigenvalue weighted by Gasteiger charge is 2.31. The molecule has 1 saturated heterocycles. The van der Waals surface area contributed by atoms with E-state index in [4.69, 9.17) is 4.52 Å². The molecule has 122 valence electrons. The van der Waals surface area contributed by atoms with Gasteiger partial charge in [0.2, 0.25) is 11.8 Å². The minimum absolute atomic E-state index is 0.0541. The molecule has 7 heteroatoms. The number of rotatable bonds is 5. The van der Waals surface area contributed by atoms with Crippen LogP contribution < -0.4 is 4.90 Å². The Morgan fingerprint density at radius 1 is 1.43 bits per heavy atom. The number of hydrogen-bond acceptors (Lipinski definition) is 5. The van der Waals surface area contributed by atoms with Crippen molar-refractivity contribution in [2.75, 3.05) is 11.4 Å². The molecule has 2 aromatic rings. The van der Waals surface area contributed by atoms with Gasteiger partial charge in [-0.2, -0.15) is 4.98 Å². The second-order valence-corrected chi connectivity index (χ2v) is 6.53. The van der Waals surface area contributed by atoms with E-state index in [2.05, 4.69) is 10.1 Å². The van der Waals surface area contributed by atoms with Gasteiger partial charge in [-0.25, -0.2) is 4.39 Å². The van der Waals surface area contributed by atoms with Crippen molar-refractivity contribution in [1.82, 2.24) is 10.1 Å². The minimum atomic E-state index is -0.365. The number of aromatic nitrogens is 2. The Labute approximate surface area is 138 Å². The predicted octanol–water partition coefficient (Wildman–Crippen LogP) is 3.20. The van der Waals surface area contributed by atoms with Crippen LogP contribution in [0.15, 0.2) is 28.8 Å². The molecule has 1 aromatic heterocycles. The zero-order valence-electron chi connectivity index (χ0n) is 12.9. The number of halogens is 1. The second-order valence-electron chi connectivity index (χ2n) is 5.34. The molecular weight excluding hydrogens is 317 g/mol. The Bertz CT molecular complexity index is 691. The molecule has 0 unspecified atom stereocenters. The molecule has 1 aliphatic rings. The molecule has 2 heterocycles. The van der Waals surface area contributed by atoms with E-state index in [1.807, 2.05) is 6.92 Å². The Balaban J connectivity index is 1.66. The number of thioether (sulfide) groups is 1. The summed E-state index contributed by atoms with van der Waals surface area (Å²) in [6.07, 6.45) is 2.35. The first-order chi connectivity index (χ1) is 11.2. The van der Waals surface area contributed by atoms with Gasteiger partial charge in [-0.15, -0.1) is 11.8 Å². The summed E-state index contributed by atoms with van der Waals surface area (Å²) in [7, 11) is 0. The molecule has 1 amide bonds. The van der Waals surface area contributed by atoms with E-state index in [1.165, 1.54) is 17.8 Å². The smallest absolute Gasteiger partial charge is 0.240 e. The lowest BCUT2D eigenvalue weighted by atomic mass is 10.1. The summed E-state index contributed by atoms with van der Waals surface area (Å²) in [6.45, 7) is 2.51. The summed E-state index contributed by atoms with van der Waals surface area (Å²) in [6, 6.07) is 6.39. The summed E-state index contributed by atoms with van der Waals surface area (Å²) in [5.74, 6) is 1.28. The van der Waals surface area contributed by atoms with E-state index in [0.29, 0.717) is 29.7 Å². The highest BCUT2D eigenvalue weighted by atomic mass is 32.2. The van der Waals surface area contributed by atoms with Gasteiger partial charge in [-0.05, 0) is 25.0 Å². The molecule has 0 spiro atoms. The van der Waals surface area contributed by atoms with Crippen LogP contribution in [0, 0.1) is 5.82 Å². The molecule has 5 nitrogen and oxygen atoms in total. The van der Waals surface area contributed by atoms with Crippen molar-refractivity contribution in [1.29, 1.82) is 0 Å². The predicted molar refractivity (Wildman–Crippen MR) is 86.7 cm³/mol. The molecule has 3 rings (SSSR count). The molecule has 1 aliphatic heterocycles. The Morgan fingerprint density at radius 2 is 2.26 bits per heavy atom. The van der Waals surface area contributed by atoms with Crippen LogP contribution >= 0.6 is 11.8 Å². The Morgan fingerprint density at radius 3 is 3.00 bits per heavy atom. The maximum atomic E-state index is 13.9. The lowest BCUT2D eigenvalue weighted by Gasteiger charge is -2.32. The number of amides is 1. The SMILES string of the molecule is CCc1noc(CS[C@@H]2CCCN(c3ccccc3F)C2=O)n1. The lowest BCUT2D eigenvalue weighted by Crippen LogP contribution is -2.43. The summed E-state index contributed by atoms with van der Waals surface area (Å²) in [5, 5.41) is 3.64. The van der Waals surface area contributed by atoms with Crippen molar-refractivity contribution >= 4 is 23.4 Å². The maximum Gasteiger partial charge on any atom is 0.240 e. The van der Waals surface area contributed by atoms with Crippen LogP contribution in [0.5, 0.6) is 0 Å². The third-order valence-corrected chi connectivity index (χ3v) is 5.02.